The van der Waals surface area contributed by atoms with Gasteiger partial charge in [0, 0.05) is 124 Å². The number of unbranched alkanes of at least 4 members (excludes halogenated alkanes) is 1. The number of aromatic nitrogens is 2. The molecule has 2 heterocycles. The van der Waals surface area contributed by atoms with E-state index in [9.17, 15) is 63.6 Å². The number of amides is 4. The number of nitrogens with one attached hydrogen (secondary N) is 2. The van der Waals surface area contributed by atoms with Crippen LogP contribution in [0, 0.1) is 23.7 Å². The Bertz CT molecular complexity index is 3190. The number of carboxylic acid groups (broad SMARTS) is 4. The van der Waals surface area contributed by atoms with Crippen molar-refractivity contribution in [3.05, 3.63) is 59.3 Å². The van der Waals surface area contributed by atoms with Crippen molar-refractivity contribution in [2.45, 2.75) is 109 Å². The zero-order valence-electron chi connectivity index (χ0n) is 60.9. The molecular weight excluding hydrogens is 1320 g/mol. The van der Waals surface area contributed by atoms with Crippen LogP contribution in [0.2, 0.25) is 0 Å². The van der Waals surface area contributed by atoms with E-state index < -0.39 is 35.3 Å². The normalized spacial score (nSPS) is 19.8. The Hall–Kier alpha value is -7.64. The molecule has 0 unspecified atom stereocenters. The molecule has 0 atom stereocenters. The topological polar surface area (TPSA) is 345 Å². The summed E-state index contributed by atoms with van der Waals surface area (Å²) < 4.78 is 30.3. The predicted molar refractivity (Wildman–Crippen MR) is 379 cm³/mol. The molecule has 29 nitrogen and oxygen atoms in total. The lowest BCUT2D eigenvalue weighted by Gasteiger charge is -2.59. The summed E-state index contributed by atoms with van der Waals surface area (Å²) in [5.41, 5.74) is 1.65. The highest BCUT2D eigenvalue weighted by Crippen LogP contribution is 2.58. The quantitative estimate of drug-likeness (QED) is 0.0425. The van der Waals surface area contributed by atoms with Gasteiger partial charge in [-0.1, -0.05) is 19.9 Å². The fourth-order valence-corrected chi connectivity index (χ4v) is 14.9. The molecule has 1 saturated heterocycles. The van der Waals surface area contributed by atoms with Crippen LogP contribution in [0.25, 0.3) is 16.9 Å². The van der Waals surface area contributed by atoms with Gasteiger partial charge in [0.05, 0.1) is 83.8 Å². The van der Waals surface area contributed by atoms with E-state index in [1.54, 1.807) is 81.8 Å². The van der Waals surface area contributed by atoms with Crippen LogP contribution in [0.15, 0.2) is 42.5 Å². The lowest BCUT2D eigenvalue weighted by molar-refractivity contribution is -0.163. The van der Waals surface area contributed by atoms with E-state index in [1.807, 2.05) is 44.0 Å². The van der Waals surface area contributed by atoms with Crippen molar-refractivity contribution in [3.8, 4) is 28.4 Å². The summed E-state index contributed by atoms with van der Waals surface area (Å²) >= 11 is 0. The first-order valence-corrected chi connectivity index (χ1v) is 36.1. The van der Waals surface area contributed by atoms with Gasteiger partial charge in [-0.3, -0.25) is 58.0 Å². The molecule has 1 aliphatic heterocycles. The molecule has 0 radical (unpaired) electrons. The number of carbonyl (C=O) groups is 9. The van der Waals surface area contributed by atoms with Crippen LogP contribution in [-0.2, 0) is 47.8 Å². The molecule has 102 heavy (non-hydrogen) atoms. The van der Waals surface area contributed by atoms with E-state index in [2.05, 4.69) is 15.5 Å². The number of carbonyl (C=O) groups excluding carboxylic acids is 5. The minimum Gasteiger partial charge on any atom is -0.496 e. The van der Waals surface area contributed by atoms with Gasteiger partial charge < -0.3 is 69.4 Å². The van der Waals surface area contributed by atoms with E-state index in [1.165, 1.54) is 0 Å². The van der Waals surface area contributed by atoms with Crippen molar-refractivity contribution in [1.82, 2.24) is 54.7 Å². The molecule has 4 saturated carbocycles. The third-order valence-corrected chi connectivity index (χ3v) is 20.2. The first-order chi connectivity index (χ1) is 48.9. The Kier molecular flexibility index (Phi) is 32.8. The SMILES string of the molecule is COc1cccc(OC)c1-c1cc(C(=O)NC2(C(=O)O)C3CC4CC(C3)CC2C4)nn1-c1ccc(C(=O)N(C)CCCN(C)CCCN(C)C(=O)CCC(=O)CCCCOCCOCCOCCCNC(=O)CN2CCN(CC(=O)O)CCN(CC(=O)O)CCN(CC(=O)O)CC2)cc1C(C)C. The van der Waals surface area contributed by atoms with E-state index in [0.717, 1.165) is 57.2 Å². The summed E-state index contributed by atoms with van der Waals surface area (Å²) in [6.07, 6.45) is 8.34. The van der Waals surface area contributed by atoms with Gasteiger partial charge >= 0.3 is 23.9 Å². The number of hydrogen-bond donors (Lipinski definition) is 6. The standard InChI is InChI=1S/C73H111N11O18/c1-51(2)58-45-54(17-19-60(58)84-61(69-62(98-6)15-10-16-63(69)99-7)46-59(76-84)70(94)75-73(72(96)97)55-41-52-40-53(43-55)44-56(73)42-52)71(95)79(5)25-13-23-77(3)22-12-24-78(4)65(87)20-18-57(85)14-8-9-34-100-36-38-102-39-37-101-35-11-21-74-64(86)47-80-26-28-81(48-66(88)89)30-32-83(50-68(92)93)33-31-82(29-27-80)49-67(90)91/h10,15-17,19,45-46,51-53,55-56H,8-9,11-14,18,20-44,47-50H2,1-7H3,(H,74,86)(H,75,94)(H,88,89)(H,90,91)(H,92,93)(H,96,97). The maximum Gasteiger partial charge on any atom is 0.330 e. The number of hydrogen-bond acceptors (Lipinski definition) is 20. The zero-order chi connectivity index (χ0) is 73.9. The van der Waals surface area contributed by atoms with Gasteiger partial charge in [-0.15, -0.1) is 0 Å². The number of benzene rings is 2. The van der Waals surface area contributed by atoms with Gasteiger partial charge in [-0.05, 0) is 156 Å². The fourth-order valence-electron chi connectivity index (χ4n) is 14.9. The summed E-state index contributed by atoms with van der Waals surface area (Å²) in [6, 6.07) is 12.5. The number of carboxylic acids is 4. The maximum atomic E-state index is 14.5. The van der Waals surface area contributed by atoms with Crippen LogP contribution in [0.5, 0.6) is 11.5 Å². The van der Waals surface area contributed by atoms with Crippen molar-refractivity contribution < 1.29 is 87.3 Å². The zero-order valence-corrected chi connectivity index (χ0v) is 60.9. The first-order valence-electron chi connectivity index (χ1n) is 36.1. The van der Waals surface area contributed by atoms with Crippen LogP contribution >= 0.6 is 0 Å². The Morgan fingerprint density at radius 2 is 1.08 bits per heavy atom. The van der Waals surface area contributed by atoms with Crippen LogP contribution in [-0.4, -0.2) is 310 Å². The van der Waals surface area contributed by atoms with Crippen molar-refractivity contribution in [1.29, 1.82) is 0 Å². The molecule has 3 aromatic rings. The number of rotatable bonds is 43. The Balaban J connectivity index is 0.730. The van der Waals surface area contributed by atoms with Gasteiger partial charge in [-0.2, -0.15) is 5.10 Å². The minimum atomic E-state index is -1.38. The van der Waals surface area contributed by atoms with Gasteiger partial charge in [0.15, 0.2) is 5.69 Å². The predicted octanol–water partition coefficient (Wildman–Crippen LogP) is 4.48. The average molecular weight is 1430 g/mol. The summed E-state index contributed by atoms with van der Waals surface area (Å²) in [4.78, 5) is 128. The number of methoxy groups -OCH3 is 2. The first kappa shape index (κ1) is 81.7. The smallest absolute Gasteiger partial charge is 0.330 e. The number of nitrogens with zero attached hydrogens (tertiary/aromatic N) is 9. The number of aliphatic carboxylic acids is 4. The van der Waals surface area contributed by atoms with Crippen LogP contribution in [0.4, 0.5) is 0 Å². The van der Waals surface area contributed by atoms with Crippen LogP contribution in [0.1, 0.15) is 130 Å². The number of ether oxygens (including phenoxy) is 5. The lowest BCUT2D eigenvalue weighted by Crippen LogP contribution is -2.70. The van der Waals surface area contributed by atoms with Crippen molar-refractivity contribution in [2.75, 3.05) is 186 Å². The van der Waals surface area contributed by atoms with Crippen LogP contribution in [0.3, 0.4) is 0 Å². The maximum absolute atomic E-state index is 14.5. The van der Waals surface area contributed by atoms with Crippen molar-refractivity contribution in [3.63, 3.8) is 0 Å². The molecular formula is C73H111N11O18. The second-order valence-corrected chi connectivity index (χ2v) is 28.1. The van der Waals surface area contributed by atoms with E-state index in [-0.39, 0.29) is 99.1 Å². The molecule has 4 amide bonds. The molecule has 0 spiro atoms. The summed E-state index contributed by atoms with van der Waals surface area (Å²) in [5, 5.41) is 50.1. The molecule has 5 aliphatic rings. The summed E-state index contributed by atoms with van der Waals surface area (Å²) in [5.74, 6) is -3.50. The number of ketones is 1. The minimum absolute atomic E-state index is 0.0315. The summed E-state index contributed by atoms with van der Waals surface area (Å²) in [7, 11) is 8.66. The van der Waals surface area contributed by atoms with E-state index in [0.29, 0.717) is 176 Å². The van der Waals surface area contributed by atoms with Crippen molar-refractivity contribution >= 4 is 53.3 Å². The highest BCUT2D eigenvalue weighted by molar-refractivity contribution is 5.99. The Labute approximate surface area is 599 Å². The van der Waals surface area contributed by atoms with E-state index >= 15 is 0 Å². The molecule has 6 N–H and O–H groups in total. The lowest BCUT2D eigenvalue weighted by atomic mass is 9.48. The Morgan fingerprint density at radius 1 is 0.578 bits per heavy atom. The molecule has 5 fully saturated rings. The fraction of sp³-hybridized carbons (Fsp3) is 0.671. The Morgan fingerprint density at radius 3 is 1.58 bits per heavy atom. The highest BCUT2D eigenvalue weighted by atomic mass is 16.5. The third-order valence-electron chi connectivity index (χ3n) is 20.2. The molecule has 4 bridgehead atoms. The van der Waals surface area contributed by atoms with E-state index in [4.69, 9.17) is 28.8 Å². The summed E-state index contributed by atoms with van der Waals surface area (Å²) in [6.45, 7) is 11.1. The second kappa shape index (κ2) is 41.0. The van der Waals surface area contributed by atoms with Gasteiger partial charge in [0.1, 0.15) is 22.8 Å². The largest absolute Gasteiger partial charge is 0.496 e. The average Bonchev–Trinajstić information content (AvgIpc) is 0.819. The third kappa shape index (κ3) is 24.5. The van der Waals surface area contributed by atoms with Gasteiger partial charge in [0.25, 0.3) is 11.8 Å². The van der Waals surface area contributed by atoms with Crippen LogP contribution < -0.4 is 20.1 Å². The molecule has 1 aromatic heterocycles. The molecule has 29 heteroatoms. The molecule has 8 rings (SSSR count). The van der Waals surface area contributed by atoms with Gasteiger partial charge in [0.2, 0.25) is 11.8 Å². The monoisotopic (exact) mass is 1430 g/mol. The second-order valence-electron chi connectivity index (χ2n) is 28.1. The highest BCUT2D eigenvalue weighted by Gasteiger charge is 2.62. The molecule has 2 aromatic carbocycles. The van der Waals surface area contributed by atoms with Gasteiger partial charge in [-0.25, -0.2) is 9.48 Å². The number of Topliss-reactive ketones (excluding diaryl/α,β-unsaturated/α-hetero) is 1. The molecule has 4 aliphatic carbocycles. The van der Waals surface area contributed by atoms with Crippen molar-refractivity contribution in [2.24, 2.45) is 23.7 Å². The molecule has 566 valence electrons.